The summed E-state index contributed by atoms with van der Waals surface area (Å²) in [6.45, 7) is 4.93. The molecular weight excluding hydrogens is 340 g/mol. The first-order valence-electron chi connectivity index (χ1n) is 7.42. The third kappa shape index (κ3) is 5.62. The summed E-state index contributed by atoms with van der Waals surface area (Å²) in [6, 6.07) is 8.35. The van der Waals surface area contributed by atoms with Crippen LogP contribution in [0, 0.1) is 0 Å². The van der Waals surface area contributed by atoms with Gasteiger partial charge in [0.05, 0.1) is 25.4 Å². The smallest absolute Gasteiger partial charge is 0.371 e. The molecule has 2 N–H and O–H groups in total. The third-order valence-corrected chi connectivity index (χ3v) is 5.65. The van der Waals surface area contributed by atoms with Crippen molar-refractivity contribution in [2.24, 2.45) is 0 Å². The fourth-order valence-corrected chi connectivity index (χ4v) is 3.97. The summed E-state index contributed by atoms with van der Waals surface area (Å²) in [4.78, 5) is -0.308. The Kier molecular flexibility index (Phi) is 8.29. The van der Waals surface area contributed by atoms with Gasteiger partial charge in [-0.15, -0.1) is 0 Å². The van der Waals surface area contributed by atoms with E-state index in [1.54, 1.807) is 45.0 Å². The van der Waals surface area contributed by atoms with Gasteiger partial charge in [0.2, 0.25) is 5.91 Å². The van der Waals surface area contributed by atoms with Gasteiger partial charge in [-0.1, -0.05) is 42.5 Å². The summed E-state index contributed by atoms with van der Waals surface area (Å²) < 4.78 is 36.7. The highest BCUT2D eigenvalue weighted by molar-refractivity contribution is 7.81. The van der Waals surface area contributed by atoms with E-state index in [0.29, 0.717) is 5.56 Å². The topological polar surface area (TPSA) is 67.8 Å². The summed E-state index contributed by atoms with van der Waals surface area (Å²) in [5, 5.41) is 12.9. The first-order chi connectivity index (χ1) is 10.9. The van der Waals surface area contributed by atoms with Crippen LogP contribution in [-0.4, -0.2) is 35.3 Å². The second-order valence-electron chi connectivity index (χ2n) is 4.86. The maximum absolute atomic E-state index is 14.4. The average molecular weight is 363 g/mol. The van der Waals surface area contributed by atoms with E-state index in [9.17, 15) is 14.1 Å². The minimum Gasteiger partial charge on any atom is -0.386 e. The van der Waals surface area contributed by atoms with Crippen molar-refractivity contribution in [1.29, 1.82) is 0 Å². The second-order valence-corrected chi connectivity index (χ2v) is 7.35. The predicted octanol–water partition coefficient (Wildman–Crippen LogP) is 3.59. The van der Waals surface area contributed by atoms with Gasteiger partial charge in [-0.05, 0) is 26.3 Å². The van der Waals surface area contributed by atoms with Crippen LogP contribution in [0.3, 0.4) is 0 Å². The lowest BCUT2D eigenvalue weighted by atomic mass is 10.0. The van der Waals surface area contributed by atoms with E-state index < -0.39 is 25.7 Å². The molecule has 1 unspecified atom stereocenters. The molecule has 1 aromatic carbocycles. The summed E-state index contributed by atoms with van der Waals surface area (Å²) in [5.74, 6) is -2.08. The van der Waals surface area contributed by atoms with Crippen LogP contribution >= 0.6 is 19.8 Å². The van der Waals surface area contributed by atoms with Crippen molar-refractivity contribution in [1.82, 2.24) is 5.32 Å². The van der Waals surface area contributed by atoms with Crippen molar-refractivity contribution in [3.05, 3.63) is 35.9 Å². The molecule has 0 saturated heterocycles. The first-order valence-corrected chi connectivity index (χ1v) is 9.44. The normalized spacial score (nSPS) is 15.7. The predicted molar refractivity (Wildman–Crippen MR) is 92.4 cm³/mol. The van der Waals surface area contributed by atoms with Crippen LogP contribution in [0.4, 0.5) is 4.39 Å². The zero-order chi connectivity index (χ0) is 17.5. The van der Waals surface area contributed by atoms with Crippen LogP contribution in [0.15, 0.2) is 30.3 Å². The van der Waals surface area contributed by atoms with Gasteiger partial charge in [-0.25, -0.2) is 4.39 Å². The SMILES string of the molecule is CCOP(=O)(OCC)C(F)C(=S)N[C@H](C)[C@H](O)c1ccccc1. The number of thiocarbonyl (C=S) groups is 1. The van der Waals surface area contributed by atoms with Gasteiger partial charge in [0.15, 0.2) is 0 Å². The van der Waals surface area contributed by atoms with Crippen molar-refractivity contribution in [2.75, 3.05) is 13.2 Å². The molecular formula is C15H23FNO4PS. The minimum absolute atomic E-state index is 0.0442. The largest absolute Gasteiger partial charge is 0.386 e. The number of benzene rings is 1. The van der Waals surface area contributed by atoms with E-state index in [-0.39, 0.29) is 18.2 Å². The highest BCUT2D eigenvalue weighted by atomic mass is 32.1. The molecule has 0 aliphatic heterocycles. The van der Waals surface area contributed by atoms with Crippen LogP contribution in [0.5, 0.6) is 0 Å². The van der Waals surface area contributed by atoms with Gasteiger partial charge in [-0.2, -0.15) is 0 Å². The lowest BCUT2D eigenvalue weighted by Gasteiger charge is -2.26. The van der Waals surface area contributed by atoms with Crippen molar-refractivity contribution >= 4 is 24.8 Å². The van der Waals surface area contributed by atoms with Gasteiger partial charge in [-0.3, -0.25) is 4.57 Å². The Morgan fingerprint density at radius 2 is 1.83 bits per heavy atom. The Balaban J connectivity index is 2.75. The molecule has 5 nitrogen and oxygen atoms in total. The van der Waals surface area contributed by atoms with Gasteiger partial charge < -0.3 is 19.5 Å². The molecule has 0 aromatic heterocycles. The molecule has 3 atom stereocenters. The fourth-order valence-electron chi connectivity index (χ4n) is 1.98. The first kappa shape index (κ1) is 20.2. The highest BCUT2D eigenvalue weighted by Crippen LogP contribution is 2.54. The molecule has 8 heteroatoms. The molecule has 1 aromatic rings. The second kappa shape index (κ2) is 9.45. The van der Waals surface area contributed by atoms with Crippen LogP contribution in [-0.2, 0) is 13.6 Å². The lowest BCUT2D eigenvalue weighted by molar-refractivity contribution is 0.144. The molecule has 0 heterocycles. The summed E-state index contributed by atoms with van der Waals surface area (Å²) >= 11 is 4.97. The molecule has 0 spiro atoms. The Morgan fingerprint density at radius 1 is 1.30 bits per heavy atom. The van der Waals surface area contributed by atoms with Gasteiger partial charge >= 0.3 is 7.60 Å². The Labute approximate surface area is 141 Å². The number of aliphatic hydroxyl groups is 1. The van der Waals surface area contributed by atoms with E-state index >= 15 is 0 Å². The molecule has 23 heavy (non-hydrogen) atoms. The van der Waals surface area contributed by atoms with Crippen LogP contribution in [0.2, 0.25) is 0 Å². The number of hydrogen-bond acceptors (Lipinski definition) is 5. The monoisotopic (exact) mass is 363 g/mol. The van der Waals surface area contributed by atoms with E-state index in [1.165, 1.54) is 0 Å². The number of halogens is 1. The van der Waals surface area contributed by atoms with Crippen LogP contribution in [0.25, 0.3) is 0 Å². The molecule has 1 rings (SSSR count). The van der Waals surface area contributed by atoms with E-state index in [2.05, 4.69) is 5.32 Å². The van der Waals surface area contributed by atoms with Crippen LogP contribution in [0.1, 0.15) is 32.4 Å². The molecule has 0 saturated carbocycles. The minimum atomic E-state index is -3.98. The Hall–Kier alpha value is -0.850. The maximum atomic E-state index is 14.4. The van der Waals surface area contributed by atoms with Gasteiger partial charge in [0.25, 0.3) is 0 Å². The third-order valence-electron chi connectivity index (χ3n) is 3.10. The van der Waals surface area contributed by atoms with Crippen LogP contribution < -0.4 is 5.32 Å². The summed E-state index contributed by atoms with van der Waals surface area (Å²) in [5.41, 5.74) is 0.670. The van der Waals surface area contributed by atoms with E-state index in [4.69, 9.17) is 21.3 Å². The number of rotatable bonds is 9. The van der Waals surface area contributed by atoms with E-state index in [1.807, 2.05) is 6.07 Å². The molecule has 0 bridgehead atoms. The van der Waals surface area contributed by atoms with Crippen molar-refractivity contribution < 1.29 is 23.1 Å². The Morgan fingerprint density at radius 3 is 2.30 bits per heavy atom. The Bertz CT molecular complexity index is 536. The van der Waals surface area contributed by atoms with Gasteiger partial charge in [0.1, 0.15) is 4.99 Å². The van der Waals surface area contributed by atoms with E-state index in [0.717, 1.165) is 0 Å². The van der Waals surface area contributed by atoms with Crippen molar-refractivity contribution in [3.63, 3.8) is 0 Å². The van der Waals surface area contributed by atoms with Gasteiger partial charge in [0, 0.05) is 0 Å². The summed E-state index contributed by atoms with van der Waals surface area (Å²) in [6.07, 6.45) is -0.889. The number of hydrogen-bond donors (Lipinski definition) is 2. The molecule has 0 aliphatic rings. The van der Waals surface area contributed by atoms with Crippen molar-refractivity contribution in [2.45, 2.75) is 38.8 Å². The summed E-state index contributed by atoms with van der Waals surface area (Å²) in [7, 11) is -3.98. The van der Waals surface area contributed by atoms with Crippen molar-refractivity contribution in [3.8, 4) is 0 Å². The zero-order valence-corrected chi connectivity index (χ0v) is 15.1. The number of aliphatic hydroxyl groups excluding tert-OH is 1. The zero-order valence-electron chi connectivity index (χ0n) is 13.4. The lowest BCUT2D eigenvalue weighted by Crippen LogP contribution is -2.40. The standard InChI is InChI=1S/C15H23FNO4PS/c1-4-20-22(19,21-5-2)14(16)15(23)17-11(3)13(18)12-9-7-6-8-10-12/h6-11,13-14,18H,4-5H2,1-3H3,(H,17,23)/t11-,13+,14?/m1/s1. The molecule has 0 fully saturated rings. The molecule has 130 valence electrons. The molecule has 0 radical (unpaired) electrons. The number of nitrogens with one attached hydrogen (secondary N) is 1. The highest BCUT2D eigenvalue weighted by Gasteiger charge is 2.40. The number of alkyl halides is 1. The quantitative estimate of drug-likeness (QED) is 0.516. The fraction of sp³-hybridized carbons (Fsp3) is 0.533. The molecule has 0 amide bonds. The average Bonchev–Trinajstić information content (AvgIpc) is 2.54. The maximum Gasteiger partial charge on any atom is 0.371 e. The molecule has 0 aliphatic carbocycles.